The van der Waals surface area contributed by atoms with E-state index in [2.05, 4.69) is 42.5 Å². The Kier molecular flexibility index (Phi) is 5.67. The number of rotatable bonds is 4. The minimum absolute atomic E-state index is 0.715. The van der Waals surface area contributed by atoms with Crippen LogP contribution in [0.2, 0.25) is 0 Å². The van der Waals surface area contributed by atoms with E-state index in [0.717, 1.165) is 12.1 Å². The maximum atomic E-state index is 2.77. The monoisotopic (exact) mass is 267 g/mol. The minimum Gasteiger partial charge on any atom is -0.304 e. The molecule has 0 spiro atoms. The van der Waals surface area contributed by atoms with Crippen LogP contribution in [0.4, 0.5) is 0 Å². The van der Waals surface area contributed by atoms with E-state index in [4.69, 9.17) is 0 Å². The second-order valence-electron chi connectivity index (χ2n) is 6.71. The van der Waals surface area contributed by atoms with Crippen LogP contribution in [-0.4, -0.2) is 72.6 Å². The Morgan fingerprint density at radius 2 is 1.79 bits per heavy atom. The molecule has 0 aromatic heterocycles. The summed E-state index contributed by atoms with van der Waals surface area (Å²) in [6.07, 6.45) is 5.65. The van der Waals surface area contributed by atoms with Gasteiger partial charge in [0.1, 0.15) is 0 Å². The summed E-state index contributed by atoms with van der Waals surface area (Å²) < 4.78 is 0. The van der Waals surface area contributed by atoms with Gasteiger partial charge in [-0.25, -0.2) is 0 Å². The van der Waals surface area contributed by atoms with E-state index < -0.39 is 0 Å². The van der Waals surface area contributed by atoms with Crippen LogP contribution in [0, 0.1) is 0 Å². The molecule has 112 valence electrons. The van der Waals surface area contributed by atoms with Gasteiger partial charge in [0, 0.05) is 44.3 Å². The third-order valence-corrected chi connectivity index (χ3v) is 5.34. The Balaban J connectivity index is 1.82. The largest absolute Gasteiger partial charge is 0.304 e. The van der Waals surface area contributed by atoms with Gasteiger partial charge in [0.2, 0.25) is 0 Å². The lowest BCUT2D eigenvalue weighted by Crippen LogP contribution is -2.54. The first-order chi connectivity index (χ1) is 9.11. The first-order valence-electron chi connectivity index (χ1n) is 8.30. The Hall–Kier alpha value is -0.120. The van der Waals surface area contributed by atoms with Crippen molar-refractivity contribution in [3.05, 3.63) is 0 Å². The average molecular weight is 267 g/mol. The summed E-state index contributed by atoms with van der Waals surface area (Å²) in [5.41, 5.74) is 0. The van der Waals surface area contributed by atoms with Crippen molar-refractivity contribution in [1.29, 1.82) is 0 Å². The van der Waals surface area contributed by atoms with Crippen LogP contribution in [0.5, 0.6) is 0 Å². The molecule has 19 heavy (non-hydrogen) atoms. The molecule has 3 nitrogen and oxygen atoms in total. The highest BCUT2D eigenvalue weighted by molar-refractivity contribution is 4.87. The summed E-state index contributed by atoms with van der Waals surface area (Å²) in [5, 5.41) is 0. The van der Waals surface area contributed by atoms with Crippen LogP contribution < -0.4 is 0 Å². The lowest BCUT2D eigenvalue weighted by molar-refractivity contribution is 0.0452. The van der Waals surface area contributed by atoms with Crippen molar-refractivity contribution in [3.8, 4) is 0 Å². The SMILES string of the molecule is CCN(C)[C@@H]1CCC[C@H](N2CCN(C(C)C)CC2)C1. The van der Waals surface area contributed by atoms with E-state index >= 15 is 0 Å². The van der Waals surface area contributed by atoms with Crippen LogP contribution in [0.3, 0.4) is 0 Å². The molecular weight excluding hydrogens is 234 g/mol. The fraction of sp³-hybridized carbons (Fsp3) is 1.00. The maximum absolute atomic E-state index is 2.77. The molecule has 0 unspecified atom stereocenters. The molecule has 2 aliphatic rings. The fourth-order valence-corrected chi connectivity index (χ4v) is 3.75. The fourth-order valence-electron chi connectivity index (χ4n) is 3.75. The quantitative estimate of drug-likeness (QED) is 0.774. The van der Waals surface area contributed by atoms with Gasteiger partial charge in [-0.2, -0.15) is 0 Å². The van der Waals surface area contributed by atoms with E-state index in [0.29, 0.717) is 6.04 Å². The Morgan fingerprint density at radius 3 is 2.37 bits per heavy atom. The number of piperazine rings is 1. The second kappa shape index (κ2) is 7.05. The molecule has 2 rings (SSSR count). The van der Waals surface area contributed by atoms with Gasteiger partial charge in [0.25, 0.3) is 0 Å². The third-order valence-electron chi connectivity index (χ3n) is 5.34. The van der Waals surface area contributed by atoms with Gasteiger partial charge in [-0.15, -0.1) is 0 Å². The Labute approximate surface area is 119 Å². The lowest BCUT2D eigenvalue weighted by Gasteiger charge is -2.44. The van der Waals surface area contributed by atoms with E-state index in [-0.39, 0.29) is 0 Å². The van der Waals surface area contributed by atoms with Gasteiger partial charge < -0.3 is 4.90 Å². The zero-order valence-electron chi connectivity index (χ0n) is 13.4. The highest BCUT2D eigenvalue weighted by atomic mass is 15.3. The smallest absolute Gasteiger partial charge is 0.0113 e. The van der Waals surface area contributed by atoms with E-state index in [1.54, 1.807) is 0 Å². The van der Waals surface area contributed by atoms with E-state index in [9.17, 15) is 0 Å². The molecule has 0 radical (unpaired) electrons. The third kappa shape index (κ3) is 3.93. The van der Waals surface area contributed by atoms with Crippen LogP contribution in [0.1, 0.15) is 46.5 Å². The molecule has 0 aromatic carbocycles. The number of hydrogen-bond donors (Lipinski definition) is 0. The van der Waals surface area contributed by atoms with Crippen LogP contribution >= 0.6 is 0 Å². The van der Waals surface area contributed by atoms with Gasteiger partial charge in [-0.3, -0.25) is 9.80 Å². The number of hydrogen-bond acceptors (Lipinski definition) is 3. The summed E-state index contributed by atoms with van der Waals surface area (Å²) in [7, 11) is 2.30. The summed E-state index contributed by atoms with van der Waals surface area (Å²) in [6, 6.07) is 2.39. The van der Waals surface area contributed by atoms with Crippen molar-refractivity contribution in [1.82, 2.24) is 14.7 Å². The Morgan fingerprint density at radius 1 is 1.11 bits per heavy atom. The summed E-state index contributed by atoms with van der Waals surface area (Å²) in [6.45, 7) is 13.2. The molecular formula is C16H33N3. The summed E-state index contributed by atoms with van der Waals surface area (Å²) in [5.74, 6) is 0. The zero-order chi connectivity index (χ0) is 13.8. The average Bonchev–Trinajstić information content (AvgIpc) is 2.46. The first kappa shape index (κ1) is 15.3. The van der Waals surface area contributed by atoms with Crippen molar-refractivity contribution >= 4 is 0 Å². The molecule has 0 aromatic rings. The number of nitrogens with zero attached hydrogens (tertiary/aromatic N) is 3. The van der Waals surface area contributed by atoms with E-state index in [1.165, 1.54) is 58.4 Å². The van der Waals surface area contributed by atoms with Gasteiger partial charge in [0.15, 0.2) is 0 Å². The highest BCUT2D eigenvalue weighted by Crippen LogP contribution is 2.27. The molecule has 3 heteroatoms. The van der Waals surface area contributed by atoms with Gasteiger partial charge in [-0.1, -0.05) is 13.3 Å². The van der Waals surface area contributed by atoms with Crippen LogP contribution in [-0.2, 0) is 0 Å². The molecule has 0 amide bonds. The molecule has 1 heterocycles. The minimum atomic E-state index is 0.715. The molecule has 1 aliphatic carbocycles. The van der Waals surface area contributed by atoms with Gasteiger partial charge >= 0.3 is 0 Å². The first-order valence-corrected chi connectivity index (χ1v) is 8.30. The molecule has 1 saturated heterocycles. The van der Waals surface area contributed by atoms with Crippen LogP contribution in [0.15, 0.2) is 0 Å². The summed E-state index contributed by atoms with van der Waals surface area (Å²) in [4.78, 5) is 7.94. The van der Waals surface area contributed by atoms with Gasteiger partial charge in [-0.05, 0) is 46.7 Å². The molecule has 0 bridgehead atoms. The molecule has 2 atom stereocenters. The maximum Gasteiger partial charge on any atom is 0.0113 e. The molecule has 1 aliphatic heterocycles. The molecule has 1 saturated carbocycles. The van der Waals surface area contributed by atoms with Crippen molar-refractivity contribution in [3.63, 3.8) is 0 Å². The predicted octanol–water partition coefficient (Wildman–Crippen LogP) is 2.28. The Bertz CT molecular complexity index is 259. The van der Waals surface area contributed by atoms with Crippen molar-refractivity contribution in [2.75, 3.05) is 39.8 Å². The van der Waals surface area contributed by atoms with Crippen LogP contribution in [0.25, 0.3) is 0 Å². The standard InChI is InChI=1S/C16H33N3/c1-5-17(4)15-7-6-8-16(13-15)19-11-9-18(10-12-19)14(2)3/h14-16H,5-13H2,1-4H3/t15-,16+/m1/s1. The van der Waals surface area contributed by atoms with E-state index in [1.807, 2.05) is 0 Å². The second-order valence-corrected chi connectivity index (χ2v) is 6.71. The molecule has 2 fully saturated rings. The zero-order valence-corrected chi connectivity index (χ0v) is 13.4. The van der Waals surface area contributed by atoms with Crippen molar-refractivity contribution in [2.45, 2.75) is 64.6 Å². The summed E-state index contributed by atoms with van der Waals surface area (Å²) >= 11 is 0. The highest BCUT2D eigenvalue weighted by Gasteiger charge is 2.30. The topological polar surface area (TPSA) is 9.72 Å². The van der Waals surface area contributed by atoms with Gasteiger partial charge in [0.05, 0.1) is 0 Å². The predicted molar refractivity (Wildman–Crippen MR) is 82.6 cm³/mol. The van der Waals surface area contributed by atoms with Crippen molar-refractivity contribution < 1.29 is 0 Å². The molecule has 0 N–H and O–H groups in total. The normalized spacial score (nSPS) is 31.3. The lowest BCUT2D eigenvalue weighted by atomic mass is 9.88. The van der Waals surface area contributed by atoms with Crippen molar-refractivity contribution in [2.24, 2.45) is 0 Å².